The maximum Gasteiger partial charge on any atom is 0.267 e. The SMILES string of the molecule is Cc1ccc(OC(C)c2nc(-c3ccc(Cl)cc3)no2)cc1. The Labute approximate surface area is 133 Å². The van der Waals surface area contributed by atoms with Crippen molar-refractivity contribution in [1.29, 1.82) is 0 Å². The second-order valence-corrected chi connectivity index (χ2v) is 5.47. The highest BCUT2D eigenvalue weighted by Crippen LogP contribution is 2.24. The molecule has 0 aliphatic heterocycles. The average Bonchev–Trinajstić information content (AvgIpc) is 3.00. The van der Waals surface area contributed by atoms with Gasteiger partial charge in [0, 0.05) is 10.6 Å². The molecule has 3 rings (SSSR count). The second kappa shape index (κ2) is 6.20. The van der Waals surface area contributed by atoms with E-state index in [9.17, 15) is 0 Å². The van der Waals surface area contributed by atoms with Crippen LogP contribution >= 0.6 is 11.6 Å². The van der Waals surface area contributed by atoms with E-state index >= 15 is 0 Å². The van der Waals surface area contributed by atoms with Crippen LogP contribution in [0.3, 0.4) is 0 Å². The molecule has 1 aromatic heterocycles. The third-order valence-corrected chi connectivity index (χ3v) is 3.48. The van der Waals surface area contributed by atoms with Crippen molar-refractivity contribution in [3.63, 3.8) is 0 Å². The monoisotopic (exact) mass is 314 g/mol. The molecular weight excluding hydrogens is 300 g/mol. The van der Waals surface area contributed by atoms with Crippen LogP contribution in [0.2, 0.25) is 5.02 Å². The predicted octanol–water partition coefficient (Wildman–Crippen LogP) is 4.84. The van der Waals surface area contributed by atoms with Gasteiger partial charge in [0.15, 0.2) is 6.10 Å². The van der Waals surface area contributed by atoms with Crippen molar-refractivity contribution in [3.05, 3.63) is 65.0 Å². The molecule has 0 aliphatic carbocycles. The lowest BCUT2D eigenvalue weighted by Crippen LogP contribution is -2.03. The molecule has 2 aromatic carbocycles. The zero-order valence-corrected chi connectivity index (χ0v) is 13.0. The number of aromatic nitrogens is 2. The van der Waals surface area contributed by atoms with Gasteiger partial charge in [0.1, 0.15) is 5.75 Å². The molecule has 1 heterocycles. The van der Waals surface area contributed by atoms with Gasteiger partial charge in [-0.3, -0.25) is 0 Å². The summed E-state index contributed by atoms with van der Waals surface area (Å²) in [5.74, 6) is 1.72. The van der Waals surface area contributed by atoms with Crippen molar-refractivity contribution in [2.24, 2.45) is 0 Å². The van der Waals surface area contributed by atoms with Gasteiger partial charge in [0.25, 0.3) is 5.89 Å². The van der Waals surface area contributed by atoms with E-state index in [1.165, 1.54) is 5.56 Å². The van der Waals surface area contributed by atoms with Gasteiger partial charge in [-0.25, -0.2) is 0 Å². The molecule has 0 N–H and O–H groups in total. The summed E-state index contributed by atoms with van der Waals surface area (Å²) >= 11 is 5.87. The van der Waals surface area contributed by atoms with Crippen LogP contribution in [-0.4, -0.2) is 10.1 Å². The number of aryl methyl sites for hydroxylation is 1. The lowest BCUT2D eigenvalue weighted by atomic mass is 10.2. The number of benzene rings is 2. The van der Waals surface area contributed by atoms with E-state index in [2.05, 4.69) is 10.1 Å². The Morgan fingerprint density at radius 1 is 1.05 bits per heavy atom. The summed E-state index contributed by atoms with van der Waals surface area (Å²) in [6.45, 7) is 3.91. The summed E-state index contributed by atoms with van der Waals surface area (Å²) in [7, 11) is 0. The molecule has 0 saturated heterocycles. The summed E-state index contributed by atoms with van der Waals surface area (Å²) < 4.78 is 11.1. The lowest BCUT2D eigenvalue weighted by Gasteiger charge is -2.10. The molecule has 112 valence electrons. The minimum absolute atomic E-state index is 0.323. The topological polar surface area (TPSA) is 48.2 Å². The number of halogens is 1. The van der Waals surface area contributed by atoms with Gasteiger partial charge in [0.2, 0.25) is 5.82 Å². The molecule has 5 heteroatoms. The Morgan fingerprint density at radius 3 is 2.41 bits per heavy atom. The lowest BCUT2D eigenvalue weighted by molar-refractivity contribution is 0.176. The van der Waals surface area contributed by atoms with Crippen molar-refractivity contribution in [3.8, 4) is 17.1 Å². The van der Waals surface area contributed by atoms with Gasteiger partial charge in [-0.15, -0.1) is 0 Å². The van der Waals surface area contributed by atoms with Gasteiger partial charge >= 0.3 is 0 Å². The summed E-state index contributed by atoms with van der Waals surface area (Å²) in [5.41, 5.74) is 2.03. The van der Waals surface area contributed by atoms with Crippen LogP contribution < -0.4 is 4.74 Å². The Morgan fingerprint density at radius 2 is 1.73 bits per heavy atom. The van der Waals surface area contributed by atoms with E-state index in [0.29, 0.717) is 16.7 Å². The first-order valence-electron chi connectivity index (χ1n) is 6.95. The molecular formula is C17H15ClN2O2. The number of hydrogen-bond donors (Lipinski definition) is 0. The molecule has 0 bridgehead atoms. The largest absolute Gasteiger partial charge is 0.481 e. The van der Waals surface area contributed by atoms with E-state index in [4.69, 9.17) is 20.9 Å². The third-order valence-electron chi connectivity index (χ3n) is 3.23. The van der Waals surface area contributed by atoms with Gasteiger partial charge in [-0.2, -0.15) is 4.98 Å². The van der Waals surface area contributed by atoms with Crippen molar-refractivity contribution >= 4 is 11.6 Å². The second-order valence-electron chi connectivity index (χ2n) is 5.04. The van der Waals surface area contributed by atoms with Gasteiger partial charge in [0.05, 0.1) is 0 Å². The summed E-state index contributed by atoms with van der Waals surface area (Å²) in [6, 6.07) is 15.1. The minimum Gasteiger partial charge on any atom is -0.481 e. The Bertz CT molecular complexity index is 751. The molecule has 3 aromatic rings. The van der Waals surface area contributed by atoms with E-state index in [1.54, 1.807) is 12.1 Å². The number of hydrogen-bond acceptors (Lipinski definition) is 4. The fraction of sp³-hybridized carbons (Fsp3) is 0.176. The highest BCUT2D eigenvalue weighted by molar-refractivity contribution is 6.30. The minimum atomic E-state index is -0.323. The molecule has 0 amide bonds. The molecule has 0 saturated carbocycles. The molecule has 0 radical (unpaired) electrons. The maximum atomic E-state index is 5.87. The highest BCUT2D eigenvalue weighted by Gasteiger charge is 2.16. The highest BCUT2D eigenvalue weighted by atomic mass is 35.5. The van der Waals surface area contributed by atoms with Crippen molar-refractivity contribution in [1.82, 2.24) is 10.1 Å². The smallest absolute Gasteiger partial charge is 0.267 e. The van der Waals surface area contributed by atoms with Crippen molar-refractivity contribution < 1.29 is 9.26 Å². The number of ether oxygens (including phenoxy) is 1. The maximum absolute atomic E-state index is 5.87. The van der Waals surface area contributed by atoms with Gasteiger partial charge in [-0.1, -0.05) is 34.5 Å². The Kier molecular flexibility index (Phi) is 4.11. The summed E-state index contributed by atoms with van der Waals surface area (Å²) in [5, 5.41) is 4.65. The van der Waals surface area contributed by atoms with Gasteiger partial charge < -0.3 is 9.26 Å². The molecule has 0 aliphatic rings. The zero-order chi connectivity index (χ0) is 15.5. The van der Waals surface area contributed by atoms with Crippen LogP contribution in [0, 0.1) is 6.92 Å². The van der Waals surface area contributed by atoms with Crippen LogP contribution in [0.1, 0.15) is 24.5 Å². The zero-order valence-electron chi connectivity index (χ0n) is 12.3. The predicted molar refractivity (Wildman–Crippen MR) is 85.0 cm³/mol. The van der Waals surface area contributed by atoms with Crippen LogP contribution in [0.5, 0.6) is 5.75 Å². The first kappa shape index (κ1) is 14.6. The van der Waals surface area contributed by atoms with E-state index < -0.39 is 0 Å². The first-order chi connectivity index (χ1) is 10.6. The summed E-state index contributed by atoms with van der Waals surface area (Å²) in [4.78, 5) is 4.38. The molecule has 22 heavy (non-hydrogen) atoms. The Hall–Kier alpha value is -2.33. The standard InChI is InChI=1S/C17H15ClN2O2/c1-11-3-9-15(10-4-11)21-12(2)17-19-16(20-22-17)13-5-7-14(18)8-6-13/h3-10,12H,1-2H3. The number of rotatable bonds is 4. The van der Waals surface area contributed by atoms with E-state index in [0.717, 1.165) is 11.3 Å². The molecule has 0 spiro atoms. The fourth-order valence-electron chi connectivity index (χ4n) is 1.99. The van der Waals surface area contributed by atoms with Crippen LogP contribution in [-0.2, 0) is 0 Å². The number of nitrogens with zero attached hydrogens (tertiary/aromatic N) is 2. The van der Waals surface area contributed by atoms with E-state index in [1.807, 2.05) is 50.2 Å². The normalized spacial score (nSPS) is 12.1. The fourth-order valence-corrected chi connectivity index (χ4v) is 2.11. The first-order valence-corrected chi connectivity index (χ1v) is 7.32. The molecule has 1 unspecified atom stereocenters. The van der Waals surface area contributed by atoms with Crippen molar-refractivity contribution in [2.75, 3.05) is 0 Å². The quantitative estimate of drug-likeness (QED) is 0.691. The summed E-state index contributed by atoms with van der Waals surface area (Å²) in [6.07, 6.45) is -0.323. The van der Waals surface area contributed by atoms with Gasteiger partial charge in [-0.05, 0) is 50.2 Å². The molecule has 0 fully saturated rings. The van der Waals surface area contributed by atoms with Crippen LogP contribution in [0.4, 0.5) is 0 Å². The molecule has 1 atom stereocenters. The van der Waals surface area contributed by atoms with Crippen molar-refractivity contribution in [2.45, 2.75) is 20.0 Å². The molecule has 4 nitrogen and oxygen atoms in total. The van der Waals surface area contributed by atoms with Crippen LogP contribution in [0.25, 0.3) is 11.4 Å². The van der Waals surface area contributed by atoms with E-state index in [-0.39, 0.29) is 6.10 Å². The Balaban J connectivity index is 1.75. The average molecular weight is 315 g/mol. The third kappa shape index (κ3) is 3.28. The van der Waals surface area contributed by atoms with Crippen LogP contribution in [0.15, 0.2) is 53.1 Å².